The zero-order valence-electron chi connectivity index (χ0n) is 11.6. The number of nitrogens with zero attached hydrogens (tertiary/aromatic N) is 1. The van der Waals surface area contributed by atoms with E-state index in [9.17, 15) is 14.9 Å². The number of nitrogens with two attached hydrogens (primary N) is 1. The summed E-state index contributed by atoms with van der Waals surface area (Å²) in [5, 5.41) is 17.2. The Morgan fingerprint density at radius 2 is 2.19 bits per heavy atom. The van der Waals surface area contributed by atoms with Crippen LogP contribution >= 0.6 is 0 Å². The molecule has 1 saturated carbocycles. The molecule has 1 heterocycles. The highest BCUT2D eigenvalue weighted by Gasteiger charge is 2.32. The van der Waals surface area contributed by atoms with E-state index in [0.717, 1.165) is 18.4 Å². The molecule has 1 fully saturated rings. The summed E-state index contributed by atoms with van der Waals surface area (Å²) >= 11 is 0. The Morgan fingerprint density at radius 3 is 2.81 bits per heavy atom. The lowest BCUT2D eigenvalue weighted by molar-refractivity contribution is -0.383. The molecule has 112 valence electrons. The lowest BCUT2D eigenvalue weighted by Crippen LogP contribution is -2.31. The zero-order chi connectivity index (χ0) is 15.0. The molecule has 1 atom stereocenters. The summed E-state index contributed by atoms with van der Waals surface area (Å²) in [5.74, 6) is 0.403. The van der Waals surface area contributed by atoms with Gasteiger partial charge in [0.25, 0.3) is 5.69 Å². The summed E-state index contributed by atoms with van der Waals surface area (Å²) in [5.41, 5.74) is 7.70. The monoisotopic (exact) mass is 290 g/mol. The van der Waals surface area contributed by atoms with Gasteiger partial charge in [-0.3, -0.25) is 14.9 Å². The maximum atomic E-state index is 11.4. The molecule has 0 bridgehead atoms. The first-order chi connectivity index (χ1) is 10.1. The Hall–Kier alpha value is -2.15. The Kier molecular flexibility index (Phi) is 3.50. The van der Waals surface area contributed by atoms with E-state index in [0.29, 0.717) is 36.7 Å². The molecule has 21 heavy (non-hydrogen) atoms. The van der Waals surface area contributed by atoms with Crippen molar-refractivity contribution in [2.45, 2.75) is 31.7 Å². The lowest BCUT2D eigenvalue weighted by atomic mass is 10.0. The fourth-order valence-corrected chi connectivity index (χ4v) is 2.75. The second kappa shape index (κ2) is 5.33. The van der Waals surface area contributed by atoms with Crippen molar-refractivity contribution in [2.24, 2.45) is 11.7 Å². The average molecular weight is 290 g/mol. The fraction of sp³-hybridized carbons (Fsp3) is 0.500. The number of amides is 1. The first-order valence-electron chi connectivity index (χ1n) is 7.16. The smallest absolute Gasteiger partial charge is 0.294 e. The molecule has 1 aromatic rings. The van der Waals surface area contributed by atoms with E-state index >= 15 is 0 Å². The third-order valence-corrected chi connectivity index (χ3v) is 4.10. The minimum Gasteiger partial charge on any atom is -0.375 e. The van der Waals surface area contributed by atoms with Gasteiger partial charge in [0.1, 0.15) is 5.69 Å². The molecule has 0 radical (unpaired) electrons. The number of anilines is 2. The summed E-state index contributed by atoms with van der Waals surface area (Å²) in [6.45, 7) is 0.454. The number of rotatable bonds is 5. The van der Waals surface area contributed by atoms with Gasteiger partial charge in [-0.25, -0.2) is 0 Å². The van der Waals surface area contributed by atoms with Crippen molar-refractivity contribution in [1.29, 1.82) is 0 Å². The summed E-state index contributed by atoms with van der Waals surface area (Å²) < 4.78 is 0. The van der Waals surface area contributed by atoms with Gasteiger partial charge < -0.3 is 16.4 Å². The van der Waals surface area contributed by atoms with E-state index in [1.54, 1.807) is 6.07 Å². The van der Waals surface area contributed by atoms with E-state index in [1.807, 2.05) is 0 Å². The minimum atomic E-state index is -0.427. The lowest BCUT2D eigenvalue weighted by Gasteiger charge is -2.21. The number of fused-ring (bicyclic) bond motifs is 1. The first kappa shape index (κ1) is 13.8. The van der Waals surface area contributed by atoms with Crippen LogP contribution in [0.4, 0.5) is 17.1 Å². The first-order valence-corrected chi connectivity index (χ1v) is 7.16. The number of hydrogen-bond donors (Lipinski definition) is 3. The van der Waals surface area contributed by atoms with Gasteiger partial charge in [0.15, 0.2) is 0 Å². The molecule has 1 unspecified atom stereocenters. The van der Waals surface area contributed by atoms with Crippen molar-refractivity contribution < 1.29 is 9.72 Å². The van der Waals surface area contributed by atoms with E-state index in [1.165, 1.54) is 6.07 Å². The number of hydrogen-bond acceptors (Lipinski definition) is 5. The molecule has 1 aliphatic heterocycles. The average Bonchev–Trinajstić information content (AvgIpc) is 3.28. The van der Waals surface area contributed by atoms with Crippen LogP contribution in [0.1, 0.15) is 24.8 Å². The number of nitro benzene ring substituents is 1. The molecule has 0 aromatic heterocycles. The molecule has 1 aliphatic carbocycles. The van der Waals surface area contributed by atoms with Gasteiger partial charge in [0.2, 0.25) is 5.91 Å². The fourth-order valence-electron chi connectivity index (χ4n) is 2.75. The second-order valence-electron chi connectivity index (χ2n) is 5.66. The summed E-state index contributed by atoms with van der Waals surface area (Å²) in [4.78, 5) is 22.2. The van der Waals surface area contributed by atoms with Crippen molar-refractivity contribution in [3.05, 3.63) is 27.8 Å². The zero-order valence-corrected chi connectivity index (χ0v) is 11.6. The standard InChI is InChI=1S/C14H18N4O3/c15-7-12(8-1-2-8)16-11-5-9-3-4-14(19)17-10(9)6-13(11)18(20)21/h5-6,8,12,16H,1-4,7,15H2,(H,17,19). The Balaban J connectivity index is 1.94. The molecule has 1 amide bonds. The van der Waals surface area contributed by atoms with Gasteiger partial charge >= 0.3 is 0 Å². The predicted octanol–water partition coefficient (Wildman–Crippen LogP) is 1.63. The second-order valence-corrected chi connectivity index (χ2v) is 5.66. The maximum Gasteiger partial charge on any atom is 0.294 e. The van der Waals surface area contributed by atoms with Gasteiger partial charge in [-0.2, -0.15) is 0 Å². The Morgan fingerprint density at radius 1 is 1.43 bits per heavy atom. The molecular weight excluding hydrogens is 272 g/mol. The largest absolute Gasteiger partial charge is 0.375 e. The van der Waals surface area contributed by atoms with Crippen LogP contribution in [0.5, 0.6) is 0 Å². The highest BCUT2D eigenvalue weighted by Crippen LogP contribution is 2.38. The van der Waals surface area contributed by atoms with Gasteiger partial charge in [-0.15, -0.1) is 0 Å². The molecule has 4 N–H and O–H groups in total. The van der Waals surface area contributed by atoms with Crippen LogP contribution in [-0.2, 0) is 11.2 Å². The van der Waals surface area contributed by atoms with Gasteiger partial charge in [-0.1, -0.05) is 0 Å². The van der Waals surface area contributed by atoms with Crippen LogP contribution in [0.15, 0.2) is 12.1 Å². The number of benzene rings is 1. The van der Waals surface area contributed by atoms with Crippen molar-refractivity contribution in [3.8, 4) is 0 Å². The highest BCUT2D eigenvalue weighted by atomic mass is 16.6. The number of carbonyl (C=O) groups is 1. The van der Waals surface area contributed by atoms with E-state index < -0.39 is 4.92 Å². The van der Waals surface area contributed by atoms with Crippen LogP contribution in [0.3, 0.4) is 0 Å². The van der Waals surface area contributed by atoms with E-state index in [2.05, 4.69) is 10.6 Å². The van der Waals surface area contributed by atoms with Gasteiger partial charge in [-0.05, 0) is 36.8 Å². The number of carbonyl (C=O) groups excluding carboxylic acids is 1. The van der Waals surface area contributed by atoms with Crippen LogP contribution < -0.4 is 16.4 Å². The molecule has 0 spiro atoms. The molecule has 7 nitrogen and oxygen atoms in total. The van der Waals surface area contributed by atoms with Crippen molar-refractivity contribution in [1.82, 2.24) is 0 Å². The molecule has 1 aromatic carbocycles. The molecule has 3 rings (SSSR count). The predicted molar refractivity (Wildman–Crippen MR) is 79.2 cm³/mol. The quantitative estimate of drug-likeness (QED) is 0.564. The van der Waals surface area contributed by atoms with Gasteiger partial charge in [0.05, 0.1) is 10.6 Å². The highest BCUT2D eigenvalue weighted by molar-refractivity contribution is 5.95. The van der Waals surface area contributed by atoms with Crippen molar-refractivity contribution in [2.75, 3.05) is 17.2 Å². The Labute approximate surface area is 122 Å². The van der Waals surface area contributed by atoms with Crippen LogP contribution in [0.25, 0.3) is 0 Å². The van der Waals surface area contributed by atoms with Crippen molar-refractivity contribution in [3.63, 3.8) is 0 Å². The molecule has 7 heteroatoms. The molecular formula is C14H18N4O3. The molecule has 0 saturated heterocycles. The summed E-state index contributed by atoms with van der Waals surface area (Å²) in [6.07, 6.45) is 3.24. The third-order valence-electron chi connectivity index (χ3n) is 4.10. The van der Waals surface area contributed by atoms with Crippen molar-refractivity contribution >= 4 is 23.0 Å². The summed E-state index contributed by atoms with van der Waals surface area (Å²) in [6, 6.07) is 3.28. The van der Waals surface area contributed by atoms with Crippen LogP contribution in [-0.4, -0.2) is 23.4 Å². The van der Waals surface area contributed by atoms with Gasteiger partial charge in [0, 0.05) is 25.1 Å². The Bertz CT molecular complexity index is 598. The summed E-state index contributed by atoms with van der Waals surface area (Å²) in [7, 11) is 0. The number of nitro groups is 1. The SMILES string of the molecule is NCC(Nc1cc2c(cc1[N+](=O)[O-])NC(=O)CC2)C1CC1. The molecule has 2 aliphatic rings. The van der Waals surface area contributed by atoms with E-state index in [-0.39, 0.29) is 17.6 Å². The van der Waals surface area contributed by atoms with Crippen LogP contribution in [0, 0.1) is 16.0 Å². The third kappa shape index (κ3) is 2.82. The topological polar surface area (TPSA) is 110 Å². The maximum absolute atomic E-state index is 11.4. The number of nitrogens with one attached hydrogen (secondary N) is 2. The number of aryl methyl sites for hydroxylation is 1. The van der Waals surface area contributed by atoms with E-state index in [4.69, 9.17) is 5.73 Å². The normalized spacial score (nSPS) is 18.6. The minimum absolute atomic E-state index is 0.0185. The van der Waals surface area contributed by atoms with Crippen LogP contribution in [0.2, 0.25) is 0 Å².